The first-order valence-electron chi connectivity index (χ1n) is 6.88. The van der Waals surface area contributed by atoms with Crippen LogP contribution in [0.3, 0.4) is 0 Å². The summed E-state index contributed by atoms with van der Waals surface area (Å²) >= 11 is 0. The second kappa shape index (κ2) is 4.77. The van der Waals surface area contributed by atoms with Crippen LogP contribution in [0.15, 0.2) is 30.5 Å². The molecular weight excluding hydrogens is 248 g/mol. The number of piperazine rings is 1. The van der Waals surface area contributed by atoms with E-state index in [1.165, 1.54) is 0 Å². The van der Waals surface area contributed by atoms with Gasteiger partial charge in [-0.25, -0.2) is 0 Å². The second-order valence-electron chi connectivity index (χ2n) is 5.88. The lowest BCUT2D eigenvalue weighted by atomic mass is 10.00. The van der Waals surface area contributed by atoms with Crippen molar-refractivity contribution in [3.05, 3.63) is 36.0 Å². The average Bonchev–Trinajstić information content (AvgIpc) is 2.45. The summed E-state index contributed by atoms with van der Waals surface area (Å²) in [5.74, 6) is 0. The molecule has 2 aromatic rings. The number of rotatable bonds is 1. The summed E-state index contributed by atoms with van der Waals surface area (Å²) in [6.45, 7) is 7.10. The third-order valence-electron chi connectivity index (χ3n) is 3.76. The molecule has 4 nitrogen and oxygen atoms in total. The number of para-hydroxylation sites is 1. The standard InChI is InChI=1S/C16H18N4/c1-16(2)11-20(8-7-19-16)15-12(9-17)10-18-14-6-4-3-5-13(14)15/h3-6,10,19H,7-8,11H2,1-2H3. The highest BCUT2D eigenvalue weighted by Crippen LogP contribution is 2.31. The Morgan fingerprint density at radius 1 is 1.35 bits per heavy atom. The minimum absolute atomic E-state index is 0.0509. The number of pyridine rings is 1. The molecule has 1 aliphatic heterocycles. The summed E-state index contributed by atoms with van der Waals surface area (Å²) < 4.78 is 0. The fourth-order valence-electron chi connectivity index (χ4n) is 2.88. The molecule has 3 rings (SSSR count). The van der Waals surface area contributed by atoms with E-state index in [1.807, 2.05) is 24.3 Å². The topological polar surface area (TPSA) is 52.0 Å². The molecule has 2 heterocycles. The van der Waals surface area contributed by atoms with Crippen molar-refractivity contribution in [1.82, 2.24) is 10.3 Å². The first-order valence-corrected chi connectivity index (χ1v) is 6.88. The molecule has 1 N–H and O–H groups in total. The molecule has 0 radical (unpaired) electrons. The molecule has 0 atom stereocenters. The van der Waals surface area contributed by atoms with E-state index in [0.29, 0.717) is 5.56 Å². The average molecular weight is 266 g/mol. The normalized spacial score (nSPS) is 17.9. The van der Waals surface area contributed by atoms with E-state index in [2.05, 4.69) is 35.1 Å². The molecule has 4 heteroatoms. The summed E-state index contributed by atoms with van der Waals surface area (Å²) in [5.41, 5.74) is 2.67. The van der Waals surface area contributed by atoms with E-state index in [9.17, 15) is 5.26 Å². The molecule has 1 aromatic carbocycles. The van der Waals surface area contributed by atoms with Gasteiger partial charge in [0.1, 0.15) is 6.07 Å². The van der Waals surface area contributed by atoms with Gasteiger partial charge in [0.2, 0.25) is 0 Å². The Hall–Kier alpha value is -2.12. The van der Waals surface area contributed by atoms with Crippen LogP contribution in [0.4, 0.5) is 5.69 Å². The smallest absolute Gasteiger partial charge is 0.103 e. The SMILES string of the molecule is CC1(C)CN(c2c(C#N)cnc3ccccc23)CCN1. The van der Waals surface area contributed by atoms with Gasteiger partial charge >= 0.3 is 0 Å². The summed E-state index contributed by atoms with van der Waals surface area (Å²) in [6, 6.07) is 10.3. The molecule has 0 aliphatic carbocycles. The Balaban J connectivity index is 2.16. The Kier molecular flexibility index (Phi) is 3.07. The lowest BCUT2D eigenvalue weighted by Gasteiger charge is -2.41. The van der Waals surface area contributed by atoms with Crippen molar-refractivity contribution in [2.24, 2.45) is 0 Å². The summed E-state index contributed by atoms with van der Waals surface area (Å²) in [4.78, 5) is 6.68. The minimum Gasteiger partial charge on any atom is -0.367 e. The molecule has 0 spiro atoms. The van der Waals surface area contributed by atoms with E-state index >= 15 is 0 Å². The van der Waals surface area contributed by atoms with Gasteiger partial charge in [-0.15, -0.1) is 0 Å². The van der Waals surface area contributed by atoms with Gasteiger partial charge in [-0.2, -0.15) is 5.26 Å². The zero-order valence-corrected chi connectivity index (χ0v) is 11.8. The number of nitriles is 1. The molecule has 1 aliphatic rings. The highest BCUT2D eigenvalue weighted by atomic mass is 15.2. The number of anilines is 1. The predicted molar refractivity (Wildman–Crippen MR) is 80.8 cm³/mol. The first-order chi connectivity index (χ1) is 9.61. The van der Waals surface area contributed by atoms with Crippen LogP contribution in [0.2, 0.25) is 0 Å². The molecule has 102 valence electrons. The van der Waals surface area contributed by atoms with E-state index in [0.717, 1.165) is 36.2 Å². The Bertz CT molecular complexity index is 684. The third-order valence-corrected chi connectivity index (χ3v) is 3.76. The van der Waals surface area contributed by atoms with E-state index in [4.69, 9.17) is 0 Å². The molecule has 1 aromatic heterocycles. The number of hydrogen-bond acceptors (Lipinski definition) is 4. The van der Waals surface area contributed by atoms with Crippen molar-refractivity contribution < 1.29 is 0 Å². The van der Waals surface area contributed by atoms with Gasteiger partial charge in [0.05, 0.1) is 16.8 Å². The lowest BCUT2D eigenvalue weighted by molar-refractivity contribution is 0.353. The molecule has 0 amide bonds. The molecule has 1 saturated heterocycles. The van der Waals surface area contributed by atoms with Crippen LogP contribution in [0.25, 0.3) is 10.9 Å². The highest BCUT2D eigenvalue weighted by molar-refractivity contribution is 5.94. The fraction of sp³-hybridized carbons (Fsp3) is 0.375. The maximum absolute atomic E-state index is 9.41. The number of benzene rings is 1. The molecule has 1 fully saturated rings. The molecule has 20 heavy (non-hydrogen) atoms. The summed E-state index contributed by atoms with van der Waals surface area (Å²) in [7, 11) is 0. The fourth-order valence-corrected chi connectivity index (χ4v) is 2.88. The monoisotopic (exact) mass is 266 g/mol. The van der Waals surface area contributed by atoms with Crippen molar-refractivity contribution >= 4 is 16.6 Å². The van der Waals surface area contributed by atoms with Crippen molar-refractivity contribution in [3.8, 4) is 6.07 Å². The zero-order chi connectivity index (χ0) is 14.2. The van der Waals surface area contributed by atoms with Crippen LogP contribution in [0.1, 0.15) is 19.4 Å². The van der Waals surface area contributed by atoms with Gasteiger partial charge in [0.15, 0.2) is 0 Å². The van der Waals surface area contributed by atoms with Crippen molar-refractivity contribution in [2.45, 2.75) is 19.4 Å². The van der Waals surface area contributed by atoms with Crippen molar-refractivity contribution in [1.29, 1.82) is 5.26 Å². The van der Waals surface area contributed by atoms with Crippen molar-refractivity contribution in [2.75, 3.05) is 24.5 Å². The Morgan fingerprint density at radius 2 is 2.15 bits per heavy atom. The zero-order valence-electron chi connectivity index (χ0n) is 11.8. The maximum Gasteiger partial charge on any atom is 0.103 e. The predicted octanol–water partition coefficient (Wildman–Crippen LogP) is 2.29. The molecule has 0 bridgehead atoms. The largest absolute Gasteiger partial charge is 0.367 e. The first kappa shape index (κ1) is 12.9. The summed E-state index contributed by atoms with van der Waals surface area (Å²) in [5, 5.41) is 14.0. The van der Waals surface area contributed by atoms with Crippen LogP contribution in [-0.2, 0) is 0 Å². The Morgan fingerprint density at radius 3 is 2.90 bits per heavy atom. The maximum atomic E-state index is 9.41. The molecule has 0 unspecified atom stereocenters. The number of nitrogens with one attached hydrogen (secondary N) is 1. The molecular formula is C16H18N4. The highest BCUT2D eigenvalue weighted by Gasteiger charge is 2.28. The summed E-state index contributed by atoms with van der Waals surface area (Å²) in [6.07, 6.45) is 1.69. The van der Waals surface area contributed by atoms with Gasteiger partial charge in [-0.3, -0.25) is 4.98 Å². The lowest BCUT2D eigenvalue weighted by Crippen LogP contribution is -2.57. The van der Waals surface area contributed by atoms with E-state index < -0.39 is 0 Å². The number of nitrogens with zero attached hydrogens (tertiary/aromatic N) is 3. The number of fused-ring (bicyclic) bond motifs is 1. The van der Waals surface area contributed by atoms with Crippen LogP contribution >= 0.6 is 0 Å². The van der Waals surface area contributed by atoms with Gasteiger partial charge in [-0.1, -0.05) is 18.2 Å². The van der Waals surface area contributed by atoms with Gasteiger partial charge in [0, 0.05) is 36.8 Å². The Labute approximate surface area is 119 Å². The molecule has 0 saturated carbocycles. The van der Waals surface area contributed by atoms with Gasteiger partial charge < -0.3 is 10.2 Å². The van der Waals surface area contributed by atoms with Crippen LogP contribution in [-0.4, -0.2) is 30.2 Å². The quantitative estimate of drug-likeness (QED) is 0.860. The minimum atomic E-state index is 0.0509. The van der Waals surface area contributed by atoms with Crippen LogP contribution < -0.4 is 10.2 Å². The van der Waals surface area contributed by atoms with E-state index in [1.54, 1.807) is 6.20 Å². The van der Waals surface area contributed by atoms with Gasteiger partial charge in [-0.05, 0) is 19.9 Å². The second-order valence-corrected chi connectivity index (χ2v) is 5.88. The third kappa shape index (κ3) is 2.21. The number of aromatic nitrogens is 1. The van der Waals surface area contributed by atoms with Crippen molar-refractivity contribution in [3.63, 3.8) is 0 Å². The number of hydrogen-bond donors (Lipinski definition) is 1. The van der Waals surface area contributed by atoms with Crippen LogP contribution in [0, 0.1) is 11.3 Å². The van der Waals surface area contributed by atoms with Gasteiger partial charge in [0.25, 0.3) is 0 Å². The van der Waals surface area contributed by atoms with E-state index in [-0.39, 0.29) is 5.54 Å². The van der Waals surface area contributed by atoms with Crippen LogP contribution in [0.5, 0.6) is 0 Å².